The highest BCUT2D eigenvalue weighted by Crippen LogP contribution is 2.08. The Kier molecular flexibility index (Phi) is 14.6. The van der Waals surface area contributed by atoms with Crippen LogP contribution in [0.4, 0.5) is 0 Å². The van der Waals surface area contributed by atoms with Crippen molar-refractivity contribution in [1.29, 1.82) is 0 Å². The van der Waals surface area contributed by atoms with Gasteiger partial charge in [0.25, 0.3) is 0 Å². The van der Waals surface area contributed by atoms with Gasteiger partial charge in [0.05, 0.1) is 0 Å². The number of rotatable bonds is 14. The molecule has 0 atom stereocenters. The zero-order valence-corrected chi connectivity index (χ0v) is 12.3. The first kappa shape index (κ1) is 18.2. The number of carbonyl (C=O) groups excluding carboxylic acids is 1. The Morgan fingerprint density at radius 1 is 0.789 bits per heavy atom. The predicted molar refractivity (Wildman–Crippen MR) is 80.8 cm³/mol. The van der Waals surface area contributed by atoms with Gasteiger partial charge in [0, 0.05) is 13.0 Å². The lowest BCUT2D eigenvalue weighted by atomic mass is 10.1. The first-order valence-corrected chi connectivity index (χ1v) is 7.81. The molecule has 3 nitrogen and oxygen atoms in total. The second-order valence-electron chi connectivity index (χ2n) is 5.17. The topological polar surface area (TPSA) is 63.3 Å². The molecule has 0 aromatic carbocycles. The number of unbranched alkanes of at least 4 members (excludes halogenated alkanes) is 9. The lowest BCUT2D eigenvalue weighted by Gasteiger charge is -1.99. The minimum Gasteiger partial charge on any atom is -0.396 e. The Labute approximate surface area is 118 Å². The molecule has 3 N–H and O–H groups in total. The summed E-state index contributed by atoms with van der Waals surface area (Å²) in [5.74, 6) is -0.179. The summed E-state index contributed by atoms with van der Waals surface area (Å²) < 4.78 is 0. The Balaban J connectivity index is 3.06. The summed E-state index contributed by atoms with van der Waals surface area (Å²) in [5, 5.41) is 8.63. The fourth-order valence-electron chi connectivity index (χ4n) is 2.05. The largest absolute Gasteiger partial charge is 0.396 e. The third kappa shape index (κ3) is 17.2. The van der Waals surface area contributed by atoms with Gasteiger partial charge in [0.15, 0.2) is 0 Å². The van der Waals surface area contributed by atoms with Gasteiger partial charge >= 0.3 is 0 Å². The van der Waals surface area contributed by atoms with Crippen LogP contribution in [0, 0.1) is 0 Å². The summed E-state index contributed by atoms with van der Waals surface area (Å²) in [6, 6.07) is 0. The molecule has 0 heterocycles. The van der Waals surface area contributed by atoms with Crippen LogP contribution in [0.3, 0.4) is 0 Å². The van der Waals surface area contributed by atoms with Gasteiger partial charge < -0.3 is 10.8 Å². The van der Waals surface area contributed by atoms with Crippen molar-refractivity contribution in [3.8, 4) is 0 Å². The number of primary amides is 1. The quantitative estimate of drug-likeness (QED) is 0.373. The number of aliphatic hydroxyl groups excluding tert-OH is 1. The molecule has 1 amide bonds. The normalized spacial score (nSPS) is 11.2. The van der Waals surface area contributed by atoms with Crippen molar-refractivity contribution in [2.24, 2.45) is 5.73 Å². The van der Waals surface area contributed by atoms with Crippen LogP contribution in [0.1, 0.15) is 77.0 Å². The monoisotopic (exact) mass is 269 g/mol. The summed E-state index contributed by atoms with van der Waals surface area (Å²) >= 11 is 0. The molecule has 112 valence electrons. The first-order valence-electron chi connectivity index (χ1n) is 7.81. The van der Waals surface area contributed by atoms with Crippen LogP contribution in [0.5, 0.6) is 0 Å². The van der Waals surface area contributed by atoms with Crippen LogP contribution >= 0.6 is 0 Å². The van der Waals surface area contributed by atoms with E-state index in [4.69, 9.17) is 10.8 Å². The minimum absolute atomic E-state index is 0.179. The van der Waals surface area contributed by atoms with Gasteiger partial charge in [-0.15, -0.1) is 0 Å². The van der Waals surface area contributed by atoms with Crippen LogP contribution in [-0.4, -0.2) is 17.6 Å². The highest BCUT2D eigenvalue weighted by Gasteiger charge is 1.94. The maximum Gasteiger partial charge on any atom is 0.217 e. The summed E-state index contributed by atoms with van der Waals surface area (Å²) in [4.78, 5) is 10.5. The van der Waals surface area contributed by atoms with E-state index in [0.717, 1.165) is 25.7 Å². The number of allylic oxidation sites excluding steroid dienone is 2. The molecule has 0 aliphatic rings. The van der Waals surface area contributed by atoms with Crippen LogP contribution in [0.25, 0.3) is 0 Å². The molecule has 0 bridgehead atoms. The van der Waals surface area contributed by atoms with Crippen molar-refractivity contribution in [2.75, 3.05) is 6.61 Å². The van der Waals surface area contributed by atoms with Gasteiger partial charge in [-0.3, -0.25) is 4.79 Å². The number of aliphatic hydroxyl groups is 1. The Morgan fingerprint density at radius 3 is 1.79 bits per heavy atom. The average Bonchev–Trinajstić information content (AvgIpc) is 2.39. The molecule has 0 aliphatic carbocycles. The molecular weight excluding hydrogens is 238 g/mol. The molecule has 0 rings (SSSR count). The average molecular weight is 269 g/mol. The number of hydrogen-bond acceptors (Lipinski definition) is 2. The summed E-state index contributed by atoms with van der Waals surface area (Å²) in [6.07, 6.45) is 17.8. The lowest BCUT2D eigenvalue weighted by Crippen LogP contribution is -2.09. The molecule has 0 aliphatic heterocycles. The van der Waals surface area contributed by atoms with Gasteiger partial charge in [-0.2, -0.15) is 0 Å². The van der Waals surface area contributed by atoms with E-state index in [-0.39, 0.29) is 5.91 Å². The van der Waals surface area contributed by atoms with E-state index < -0.39 is 0 Å². The van der Waals surface area contributed by atoms with E-state index in [9.17, 15) is 4.79 Å². The SMILES string of the molecule is NC(=O)CCCCCCCC=CCCCCCCO. The van der Waals surface area contributed by atoms with Crippen LogP contribution in [-0.2, 0) is 4.79 Å². The number of hydrogen-bond donors (Lipinski definition) is 2. The van der Waals surface area contributed by atoms with E-state index in [1.54, 1.807) is 0 Å². The van der Waals surface area contributed by atoms with E-state index in [2.05, 4.69) is 12.2 Å². The van der Waals surface area contributed by atoms with E-state index in [1.165, 1.54) is 44.9 Å². The van der Waals surface area contributed by atoms with Crippen molar-refractivity contribution >= 4 is 5.91 Å². The van der Waals surface area contributed by atoms with Crippen LogP contribution < -0.4 is 5.73 Å². The molecular formula is C16H31NO2. The Hall–Kier alpha value is -0.830. The van der Waals surface area contributed by atoms with E-state index in [0.29, 0.717) is 13.0 Å². The van der Waals surface area contributed by atoms with Gasteiger partial charge in [-0.1, -0.05) is 44.3 Å². The van der Waals surface area contributed by atoms with E-state index >= 15 is 0 Å². The summed E-state index contributed by atoms with van der Waals surface area (Å²) in [5.41, 5.74) is 5.08. The smallest absolute Gasteiger partial charge is 0.217 e. The molecule has 0 fully saturated rings. The summed E-state index contributed by atoms with van der Waals surface area (Å²) in [6.45, 7) is 0.329. The van der Waals surface area contributed by atoms with Crippen molar-refractivity contribution in [3.05, 3.63) is 12.2 Å². The first-order chi connectivity index (χ1) is 9.27. The Bertz CT molecular complexity index is 227. The third-order valence-corrected chi connectivity index (χ3v) is 3.24. The maximum atomic E-state index is 10.5. The molecule has 19 heavy (non-hydrogen) atoms. The zero-order valence-electron chi connectivity index (χ0n) is 12.3. The lowest BCUT2D eigenvalue weighted by molar-refractivity contribution is -0.118. The van der Waals surface area contributed by atoms with Crippen LogP contribution in [0.2, 0.25) is 0 Å². The molecule has 0 saturated heterocycles. The standard InChI is InChI=1S/C16H31NO2/c17-16(19)14-12-10-8-6-4-2-1-3-5-7-9-11-13-15-18/h1,3,18H,2,4-15H2,(H2,17,19). The molecule has 0 aromatic heterocycles. The molecule has 0 unspecified atom stereocenters. The minimum atomic E-state index is -0.179. The Morgan fingerprint density at radius 2 is 1.26 bits per heavy atom. The highest BCUT2D eigenvalue weighted by atomic mass is 16.2. The zero-order chi connectivity index (χ0) is 14.2. The van der Waals surface area contributed by atoms with Gasteiger partial charge in [0.2, 0.25) is 5.91 Å². The van der Waals surface area contributed by atoms with Crippen molar-refractivity contribution in [2.45, 2.75) is 77.0 Å². The fourth-order valence-corrected chi connectivity index (χ4v) is 2.05. The second kappa shape index (κ2) is 15.2. The highest BCUT2D eigenvalue weighted by molar-refractivity contribution is 5.73. The maximum absolute atomic E-state index is 10.5. The van der Waals surface area contributed by atoms with Crippen molar-refractivity contribution in [3.63, 3.8) is 0 Å². The van der Waals surface area contributed by atoms with Crippen molar-refractivity contribution in [1.82, 2.24) is 0 Å². The molecule has 0 saturated carbocycles. The molecule has 0 radical (unpaired) electrons. The van der Waals surface area contributed by atoms with Crippen molar-refractivity contribution < 1.29 is 9.90 Å². The molecule has 0 aromatic rings. The molecule has 0 spiro atoms. The third-order valence-electron chi connectivity index (χ3n) is 3.24. The van der Waals surface area contributed by atoms with E-state index in [1.807, 2.05) is 0 Å². The summed E-state index contributed by atoms with van der Waals surface area (Å²) in [7, 11) is 0. The number of carbonyl (C=O) groups is 1. The van der Waals surface area contributed by atoms with Gasteiger partial charge in [-0.25, -0.2) is 0 Å². The van der Waals surface area contributed by atoms with Crippen LogP contribution in [0.15, 0.2) is 12.2 Å². The number of amides is 1. The predicted octanol–water partition coefficient (Wildman–Crippen LogP) is 3.70. The fraction of sp³-hybridized carbons (Fsp3) is 0.812. The van der Waals surface area contributed by atoms with Gasteiger partial charge in [0.1, 0.15) is 0 Å². The van der Waals surface area contributed by atoms with Gasteiger partial charge in [-0.05, 0) is 38.5 Å². The number of nitrogens with two attached hydrogens (primary N) is 1. The second-order valence-corrected chi connectivity index (χ2v) is 5.17. The molecule has 3 heteroatoms.